The van der Waals surface area contributed by atoms with Crippen LogP contribution in [0.3, 0.4) is 0 Å². The monoisotopic (exact) mass is 264 g/mol. The highest BCUT2D eigenvalue weighted by Gasteiger charge is 2.33. The Morgan fingerprint density at radius 3 is 2.95 bits per heavy atom. The average molecular weight is 264 g/mol. The predicted octanol–water partition coefficient (Wildman–Crippen LogP) is 0.946. The summed E-state index contributed by atoms with van der Waals surface area (Å²) in [7, 11) is 0. The van der Waals surface area contributed by atoms with E-state index in [0.29, 0.717) is 17.1 Å². The molecule has 2 N–H and O–H groups in total. The molecule has 0 fully saturated rings. The van der Waals surface area contributed by atoms with Crippen molar-refractivity contribution in [3.63, 3.8) is 0 Å². The molecule has 1 heterocycles. The van der Waals surface area contributed by atoms with Crippen LogP contribution in [-0.4, -0.2) is 31.1 Å². The number of nitrogens with zero attached hydrogens (tertiary/aromatic N) is 1. The van der Waals surface area contributed by atoms with Crippen LogP contribution in [0.1, 0.15) is 13.8 Å². The van der Waals surface area contributed by atoms with Crippen molar-refractivity contribution in [2.24, 2.45) is 0 Å². The summed E-state index contributed by atoms with van der Waals surface area (Å²) in [4.78, 5) is 25.0. The van der Waals surface area contributed by atoms with E-state index in [1.165, 1.54) is 4.90 Å². The molecule has 0 spiro atoms. The minimum atomic E-state index is -0.649. The quantitative estimate of drug-likeness (QED) is 0.649. The fourth-order valence-electron chi connectivity index (χ4n) is 1.93. The lowest BCUT2D eigenvalue weighted by Crippen LogP contribution is -2.47. The minimum absolute atomic E-state index is 0.128. The number of benzene rings is 1. The molecule has 0 saturated carbocycles. The first-order valence-electron chi connectivity index (χ1n) is 6.06. The molecule has 6 heteroatoms. The number of rotatable bonds is 3. The lowest BCUT2D eigenvalue weighted by atomic mass is 10.1. The number of anilines is 2. The summed E-state index contributed by atoms with van der Waals surface area (Å²) in [6, 6.07) is 4.95. The number of hydrogen-bond acceptors (Lipinski definition) is 5. The first kappa shape index (κ1) is 13.2. The largest absolute Gasteiger partial charge is 0.479 e. The van der Waals surface area contributed by atoms with Crippen LogP contribution in [0, 0.1) is 0 Å². The summed E-state index contributed by atoms with van der Waals surface area (Å²) in [6.07, 6.45) is -0.649. The van der Waals surface area contributed by atoms with Gasteiger partial charge in [-0.15, -0.1) is 0 Å². The molecular formula is C13H16N2O4. The standard InChI is InChI=1S/C13H16N2O4/c1-3-18-12(16)7-15-10-5-4-9(14)6-11(10)19-8(2)13(15)17/h4-6,8H,3,7,14H2,1-2H3. The highest BCUT2D eigenvalue weighted by atomic mass is 16.5. The van der Waals surface area contributed by atoms with Gasteiger partial charge in [-0.1, -0.05) is 0 Å². The van der Waals surface area contributed by atoms with Crippen LogP contribution in [0.4, 0.5) is 11.4 Å². The van der Waals surface area contributed by atoms with Gasteiger partial charge in [0, 0.05) is 11.8 Å². The summed E-state index contributed by atoms with van der Waals surface area (Å²) in [5, 5.41) is 0. The molecule has 6 nitrogen and oxygen atoms in total. The third kappa shape index (κ3) is 2.62. The van der Waals surface area contributed by atoms with Crippen LogP contribution in [0.5, 0.6) is 5.75 Å². The summed E-state index contributed by atoms with van der Waals surface area (Å²) in [5.41, 5.74) is 6.75. The maximum Gasteiger partial charge on any atom is 0.326 e. The van der Waals surface area contributed by atoms with E-state index in [0.717, 1.165) is 0 Å². The molecule has 102 valence electrons. The highest BCUT2D eigenvalue weighted by Crippen LogP contribution is 2.35. The Morgan fingerprint density at radius 1 is 1.53 bits per heavy atom. The van der Waals surface area contributed by atoms with Gasteiger partial charge >= 0.3 is 5.97 Å². The molecule has 0 bridgehead atoms. The molecule has 0 radical (unpaired) electrons. The first-order chi connectivity index (χ1) is 9.02. The fourth-order valence-corrected chi connectivity index (χ4v) is 1.93. The lowest BCUT2D eigenvalue weighted by molar-refractivity contribution is -0.143. The van der Waals surface area contributed by atoms with Crippen molar-refractivity contribution in [2.45, 2.75) is 20.0 Å². The van der Waals surface area contributed by atoms with Crippen LogP contribution in [-0.2, 0) is 14.3 Å². The highest BCUT2D eigenvalue weighted by molar-refractivity contribution is 6.03. The molecule has 1 aliphatic heterocycles. The van der Waals surface area contributed by atoms with Crippen molar-refractivity contribution in [1.29, 1.82) is 0 Å². The second-order valence-corrected chi connectivity index (χ2v) is 4.22. The third-order valence-corrected chi connectivity index (χ3v) is 2.78. The molecular weight excluding hydrogens is 248 g/mol. The molecule has 0 aliphatic carbocycles. The molecule has 1 atom stereocenters. The smallest absolute Gasteiger partial charge is 0.326 e. The van der Waals surface area contributed by atoms with Gasteiger partial charge in [-0.25, -0.2) is 0 Å². The summed E-state index contributed by atoms with van der Waals surface area (Å²) >= 11 is 0. The number of nitrogens with two attached hydrogens (primary N) is 1. The Labute approximate surface area is 111 Å². The zero-order chi connectivity index (χ0) is 14.0. The van der Waals surface area contributed by atoms with Gasteiger partial charge in [0.15, 0.2) is 6.10 Å². The summed E-state index contributed by atoms with van der Waals surface area (Å²) in [6.45, 7) is 3.50. The molecule has 19 heavy (non-hydrogen) atoms. The SMILES string of the molecule is CCOC(=O)CN1C(=O)C(C)Oc2cc(N)ccc21. The van der Waals surface area contributed by atoms with E-state index >= 15 is 0 Å². The zero-order valence-corrected chi connectivity index (χ0v) is 10.9. The molecule has 2 rings (SSSR count). The van der Waals surface area contributed by atoms with Crippen molar-refractivity contribution < 1.29 is 19.1 Å². The molecule has 1 aromatic rings. The molecule has 1 amide bonds. The molecule has 1 aromatic carbocycles. The van der Waals surface area contributed by atoms with Crippen LogP contribution < -0.4 is 15.4 Å². The van der Waals surface area contributed by atoms with Crippen LogP contribution in [0.25, 0.3) is 0 Å². The first-order valence-corrected chi connectivity index (χ1v) is 6.06. The van der Waals surface area contributed by atoms with Gasteiger partial charge in [0.2, 0.25) is 0 Å². The van der Waals surface area contributed by atoms with Gasteiger partial charge in [0.25, 0.3) is 5.91 Å². The normalized spacial score (nSPS) is 17.7. The second kappa shape index (κ2) is 5.17. The van der Waals surface area contributed by atoms with E-state index in [9.17, 15) is 9.59 Å². The third-order valence-electron chi connectivity index (χ3n) is 2.78. The Hall–Kier alpha value is -2.24. The number of nitrogen functional groups attached to an aromatic ring is 1. The zero-order valence-electron chi connectivity index (χ0n) is 10.9. The Morgan fingerprint density at radius 2 is 2.26 bits per heavy atom. The van der Waals surface area contributed by atoms with E-state index in [2.05, 4.69) is 0 Å². The van der Waals surface area contributed by atoms with E-state index in [1.54, 1.807) is 32.0 Å². The van der Waals surface area contributed by atoms with Crippen molar-refractivity contribution in [1.82, 2.24) is 0 Å². The fraction of sp³-hybridized carbons (Fsp3) is 0.385. The van der Waals surface area contributed by atoms with E-state index in [-0.39, 0.29) is 19.1 Å². The van der Waals surface area contributed by atoms with E-state index in [4.69, 9.17) is 15.2 Å². The van der Waals surface area contributed by atoms with Crippen molar-refractivity contribution >= 4 is 23.3 Å². The van der Waals surface area contributed by atoms with Gasteiger partial charge in [-0.3, -0.25) is 14.5 Å². The Balaban J connectivity index is 2.31. The Kier molecular flexibility index (Phi) is 3.59. The summed E-state index contributed by atoms with van der Waals surface area (Å²) in [5.74, 6) is -0.227. The van der Waals surface area contributed by atoms with Gasteiger partial charge < -0.3 is 15.2 Å². The molecule has 0 saturated heterocycles. The topological polar surface area (TPSA) is 81.9 Å². The second-order valence-electron chi connectivity index (χ2n) is 4.22. The molecule has 1 unspecified atom stereocenters. The van der Waals surface area contributed by atoms with Crippen molar-refractivity contribution in [2.75, 3.05) is 23.8 Å². The number of esters is 1. The number of carbonyl (C=O) groups excluding carboxylic acids is 2. The van der Waals surface area contributed by atoms with Crippen molar-refractivity contribution in [3.8, 4) is 5.75 Å². The number of carbonyl (C=O) groups is 2. The van der Waals surface area contributed by atoms with Crippen molar-refractivity contribution in [3.05, 3.63) is 18.2 Å². The number of ether oxygens (including phenoxy) is 2. The van der Waals surface area contributed by atoms with Gasteiger partial charge in [-0.2, -0.15) is 0 Å². The van der Waals surface area contributed by atoms with Crippen LogP contribution in [0.15, 0.2) is 18.2 Å². The average Bonchev–Trinajstić information content (AvgIpc) is 2.35. The number of fused-ring (bicyclic) bond motifs is 1. The van der Waals surface area contributed by atoms with E-state index in [1.807, 2.05) is 0 Å². The van der Waals surface area contributed by atoms with Gasteiger partial charge in [0.05, 0.1) is 12.3 Å². The summed E-state index contributed by atoms with van der Waals surface area (Å²) < 4.78 is 10.3. The lowest BCUT2D eigenvalue weighted by Gasteiger charge is -2.32. The predicted molar refractivity (Wildman–Crippen MR) is 69.9 cm³/mol. The number of amides is 1. The van der Waals surface area contributed by atoms with Gasteiger partial charge in [0.1, 0.15) is 12.3 Å². The Bertz CT molecular complexity index is 515. The number of hydrogen-bond donors (Lipinski definition) is 1. The molecule has 0 aromatic heterocycles. The maximum absolute atomic E-state index is 12.1. The molecule has 1 aliphatic rings. The van der Waals surface area contributed by atoms with Crippen LogP contribution in [0.2, 0.25) is 0 Å². The van der Waals surface area contributed by atoms with Crippen LogP contribution >= 0.6 is 0 Å². The van der Waals surface area contributed by atoms with E-state index < -0.39 is 12.1 Å². The minimum Gasteiger partial charge on any atom is -0.479 e. The maximum atomic E-state index is 12.1. The van der Waals surface area contributed by atoms with Gasteiger partial charge in [-0.05, 0) is 26.0 Å².